The maximum Gasteiger partial charge on any atom is 0.414 e. The number of guanidine groups is 1. The van der Waals surface area contributed by atoms with Crippen LogP contribution in [0.2, 0.25) is 0 Å². The van der Waals surface area contributed by atoms with Crippen LogP contribution in [0, 0.1) is 5.82 Å². The lowest BCUT2D eigenvalue weighted by atomic mass is 9.87. The van der Waals surface area contributed by atoms with Gasteiger partial charge in [-0.1, -0.05) is 12.1 Å². The van der Waals surface area contributed by atoms with Crippen LogP contribution in [0.4, 0.5) is 14.9 Å². The highest BCUT2D eigenvalue weighted by atomic mass is 19.1. The van der Waals surface area contributed by atoms with Gasteiger partial charge in [0.15, 0.2) is 5.82 Å². The second kappa shape index (κ2) is 6.10. The van der Waals surface area contributed by atoms with E-state index in [1.54, 1.807) is 33.8 Å². The molecule has 1 aliphatic heterocycles. The minimum Gasteiger partial charge on any atom is -0.444 e. The summed E-state index contributed by atoms with van der Waals surface area (Å²) in [6.45, 7) is 6.72. The molecule has 0 saturated heterocycles. The van der Waals surface area contributed by atoms with Crippen LogP contribution in [-0.4, -0.2) is 23.6 Å². The zero-order chi connectivity index (χ0) is 18.1. The Morgan fingerprint density at radius 2 is 2.12 bits per heavy atom. The first-order valence-electron chi connectivity index (χ1n) is 7.44. The molecule has 4 N–H and O–H groups in total. The second-order valence-corrected chi connectivity index (χ2v) is 6.79. The van der Waals surface area contributed by atoms with Gasteiger partial charge >= 0.3 is 6.09 Å². The minimum atomic E-state index is -1.19. The number of nitrogens with zero attached hydrogens (tertiary/aromatic N) is 1. The number of carbonyl (C=O) groups excluding carboxylic acids is 2. The SMILES string of the molecule is CC(C)(C)OC(=O)NC1=N[C@](C)(c2cccc(N)c2F)CC(=O)N1. The zero-order valence-electron chi connectivity index (χ0n) is 14.1. The number of carbonyl (C=O) groups is 2. The molecule has 0 aliphatic carbocycles. The number of hydrogen-bond acceptors (Lipinski definition) is 5. The van der Waals surface area contributed by atoms with E-state index in [-0.39, 0.29) is 23.6 Å². The molecule has 0 fully saturated rings. The third kappa shape index (κ3) is 4.01. The van der Waals surface area contributed by atoms with E-state index >= 15 is 0 Å². The summed E-state index contributed by atoms with van der Waals surface area (Å²) in [6.07, 6.45) is -0.841. The van der Waals surface area contributed by atoms with Crippen LogP contribution < -0.4 is 16.4 Å². The van der Waals surface area contributed by atoms with Gasteiger partial charge in [-0.15, -0.1) is 0 Å². The molecule has 1 aliphatic rings. The van der Waals surface area contributed by atoms with Crippen molar-refractivity contribution in [2.75, 3.05) is 5.73 Å². The van der Waals surface area contributed by atoms with E-state index < -0.39 is 29.0 Å². The normalized spacial score (nSPS) is 20.9. The third-order valence-electron chi connectivity index (χ3n) is 3.35. The average molecular weight is 336 g/mol. The van der Waals surface area contributed by atoms with E-state index in [1.165, 1.54) is 12.1 Å². The topological polar surface area (TPSA) is 106 Å². The molecule has 2 rings (SSSR count). The van der Waals surface area contributed by atoms with Gasteiger partial charge in [0.1, 0.15) is 5.60 Å². The molecular formula is C16H21FN4O3. The van der Waals surface area contributed by atoms with Gasteiger partial charge in [0.2, 0.25) is 11.9 Å². The van der Waals surface area contributed by atoms with Crippen LogP contribution in [0.25, 0.3) is 0 Å². The lowest BCUT2D eigenvalue weighted by Gasteiger charge is -2.31. The summed E-state index contributed by atoms with van der Waals surface area (Å²) in [4.78, 5) is 28.1. The van der Waals surface area contributed by atoms with Crippen molar-refractivity contribution in [1.82, 2.24) is 10.6 Å². The molecule has 7 nitrogen and oxygen atoms in total. The zero-order valence-corrected chi connectivity index (χ0v) is 14.1. The smallest absolute Gasteiger partial charge is 0.414 e. The summed E-state index contributed by atoms with van der Waals surface area (Å²) in [6, 6.07) is 4.52. The quantitative estimate of drug-likeness (QED) is 0.682. The second-order valence-electron chi connectivity index (χ2n) is 6.79. The van der Waals surface area contributed by atoms with E-state index in [4.69, 9.17) is 10.5 Å². The van der Waals surface area contributed by atoms with Gasteiger partial charge in [-0.2, -0.15) is 0 Å². The summed E-state index contributed by atoms with van der Waals surface area (Å²) in [5.41, 5.74) is 3.85. The highest BCUT2D eigenvalue weighted by Crippen LogP contribution is 2.34. The number of aliphatic imine (C=N–C) groups is 1. The molecule has 0 saturated carbocycles. The summed E-state index contributed by atoms with van der Waals surface area (Å²) >= 11 is 0. The Kier molecular flexibility index (Phi) is 4.50. The molecule has 0 unspecified atom stereocenters. The Hall–Kier alpha value is -2.64. The predicted molar refractivity (Wildman–Crippen MR) is 87.7 cm³/mol. The van der Waals surface area contributed by atoms with Crippen LogP contribution >= 0.6 is 0 Å². The Labute approximate surface area is 139 Å². The fourth-order valence-corrected chi connectivity index (χ4v) is 2.38. The van der Waals surface area contributed by atoms with Crippen molar-refractivity contribution in [2.24, 2.45) is 4.99 Å². The van der Waals surface area contributed by atoms with Crippen LogP contribution in [0.5, 0.6) is 0 Å². The fourth-order valence-electron chi connectivity index (χ4n) is 2.38. The largest absolute Gasteiger partial charge is 0.444 e. The number of nitrogens with two attached hydrogens (primary N) is 1. The van der Waals surface area contributed by atoms with Crippen molar-refractivity contribution in [3.05, 3.63) is 29.6 Å². The van der Waals surface area contributed by atoms with Crippen LogP contribution in [0.1, 0.15) is 39.7 Å². The van der Waals surface area contributed by atoms with Gasteiger partial charge < -0.3 is 10.5 Å². The summed E-state index contributed by atoms with van der Waals surface area (Å²) in [5.74, 6) is -1.12. The van der Waals surface area contributed by atoms with E-state index in [0.29, 0.717) is 0 Å². The number of rotatable bonds is 1. The Morgan fingerprint density at radius 3 is 2.75 bits per heavy atom. The van der Waals surface area contributed by atoms with Gasteiger partial charge in [-0.3, -0.25) is 15.4 Å². The Balaban J connectivity index is 2.32. The molecule has 0 bridgehead atoms. The van der Waals surface area contributed by atoms with Crippen molar-refractivity contribution in [3.8, 4) is 0 Å². The first-order chi connectivity index (χ1) is 11.0. The number of nitrogens with one attached hydrogen (secondary N) is 2. The van der Waals surface area contributed by atoms with Gasteiger partial charge in [0, 0.05) is 5.56 Å². The van der Waals surface area contributed by atoms with Gasteiger partial charge in [0.05, 0.1) is 17.6 Å². The lowest BCUT2D eigenvalue weighted by molar-refractivity contribution is -0.121. The summed E-state index contributed by atoms with van der Waals surface area (Å²) < 4.78 is 19.4. The number of nitrogen functional groups attached to an aromatic ring is 1. The molecule has 8 heteroatoms. The van der Waals surface area contributed by atoms with E-state index in [1.807, 2.05) is 0 Å². The molecule has 2 amide bonds. The Morgan fingerprint density at radius 1 is 1.46 bits per heavy atom. The number of ether oxygens (including phenoxy) is 1. The molecular weight excluding hydrogens is 315 g/mol. The fraction of sp³-hybridized carbons (Fsp3) is 0.438. The van der Waals surface area contributed by atoms with E-state index in [2.05, 4.69) is 15.6 Å². The number of anilines is 1. The number of alkyl carbamates (subject to hydrolysis) is 1. The summed E-state index contributed by atoms with van der Waals surface area (Å²) in [5, 5.41) is 4.81. The number of halogens is 1. The van der Waals surface area contributed by atoms with Crippen LogP contribution in [-0.2, 0) is 15.1 Å². The maximum absolute atomic E-state index is 14.3. The van der Waals surface area contributed by atoms with Crippen LogP contribution in [0.3, 0.4) is 0 Å². The van der Waals surface area contributed by atoms with Crippen molar-refractivity contribution >= 4 is 23.6 Å². The molecule has 0 radical (unpaired) electrons. The number of amides is 2. The molecule has 1 heterocycles. The monoisotopic (exact) mass is 336 g/mol. The highest BCUT2D eigenvalue weighted by molar-refractivity contribution is 6.05. The molecule has 0 aromatic heterocycles. The molecule has 0 spiro atoms. The van der Waals surface area contributed by atoms with Gasteiger partial charge in [0.25, 0.3) is 0 Å². The maximum atomic E-state index is 14.3. The number of hydrogen-bond donors (Lipinski definition) is 3. The molecule has 1 aromatic rings. The van der Waals surface area contributed by atoms with Gasteiger partial charge in [-0.05, 0) is 33.8 Å². The van der Waals surface area contributed by atoms with Gasteiger partial charge in [-0.25, -0.2) is 14.2 Å². The van der Waals surface area contributed by atoms with Crippen molar-refractivity contribution in [2.45, 2.75) is 45.3 Å². The Bertz CT molecular complexity index is 712. The molecule has 1 atom stereocenters. The standard InChI is InChI=1S/C16H21FN4O3/c1-15(2,3)24-14(23)20-13-19-11(22)8-16(4,21-13)9-6-5-7-10(18)12(9)17/h5-7H,8,18H2,1-4H3,(H2,19,20,21,22,23)/t16-/m0/s1. The highest BCUT2D eigenvalue weighted by Gasteiger charge is 2.37. The molecule has 1 aromatic carbocycles. The number of benzene rings is 1. The van der Waals surface area contributed by atoms with Crippen LogP contribution in [0.15, 0.2) is 23.2 Å². The molecule has 24 heavy (non-hydrogen) atoms. The summed E-state index contributed by atoms with van der Waals surface area (Å²) in [7, 11) is 0. The minimum absolute atomic E-state index is 0.0310. The molecule has 130 valence electrons. The predicted octanol–water partition coefficient (Wildman–Crippen LogP) is 2.02. The first-order valence-corrected chi connectivity index (χ1v) is 7.44. The van der Waals surface area contributed by atoms with Crippen molar-refractivity contribution in [1.29, 1.82) is 0 Å². The van der Waals surface area contributed by atoms with Crippen molar-refractivity contribution < 1.29 is 18.7 Å². The first kappa shape index (κ1) is 17.7. The third-order valence-corrected chi connectivity index (χ3v) is 3.35. The lowest BCUT2D eigenvalue weighted by Crippen LogP contribution is -2.51. The van der Waals surface area contributed by atoms with Crippen molar-refractivity contribution in [3.63, 3.8) is 0 Å². The van der Waals surface area contributed by atoms with E-state index in [9.17, 15) is 14.0 Å². The average Bonchev–Trinajstić information content (AvgIpc) is 2.38. The van der Waals surface area contributed by atoms with E-state index in [0.717, 1.165) is 0 Å².